The Morgan fingerprint density at radius 2 is 2.44 bits per heavy atom. The van der Waals surface area contributed by atoms with Crippen LogP contribution in [-0.4, -0.2) is 38.7 Å². The fourth-order valence-corrected chi connectivity index (χ4v) is 2.39. The third kappa shape index (κ3) is 2.02. The summed E-state index contributed by atoms with van der Waals surface area (Å²) in [6.45, 7) is 4.83. The van der Waals surface area contributed by atoms with E-state index in [1.54, 1.807) is 6.33 Å². The van der Waals surface area contributed by atoms with E-state index in [-0.39, 0.29) is 5.28 Å². The zero-order valence-corrected chi connectivity index (χ0v) is 10.9. The molecule has 0 aromatic carbocycles. The van der Waals surface area contributed by atoms with Crippen molar-refractivity contribution in [3.8, 4) is 0 Å². The van der Waals surface area contributed by atoms with Gasteiger partial charge in [-0.05, 0) is 31.5 Å². The van der Waals surface area contributed by atoms with Crippen LogP contribution in [0.3, 0.4) is 0 Å². The Kier molecular flexibility index (Phi) is 3.05. The number of imidazole rings is 1. The van der Waals surface area contributed by atoms with Crippen molar-refractivity contribution in [2.75, 3.05) is 18.4 Å². The van der Waals surface area contributed by atoms with Crippen molar-refractivity contribution in [3.63, 3.8) is 0 Å². The van der Waals surface area contributed by atoms with Gasteiger partial charge in [0.25, 0.3) is 0 Å². The van der Waals surface area contributed by atoms with Crippen LogP contribution in [0.2, 0.25) is 5.28 Å². The smallest absolute Gasteiger partial charge is 0.226 e. The van der Waals surface area contributed by atoms with Crippen LogP contribution in [0, 0.1) is 0 Å². The van der Waals surface area contributed by atoms with Crippen molar-refractivity contribution in [2.45, 2.75) is 25.9 Å². The van der Waals surface area contributed by atoms with Crippen LogP contribution >= 0.6 is 11.6 Å². The minimum absolute atomic E-state index is 0.256. The first-order valence-electron chi connectivity index (χ1n) is 6.13. The van der Waals surface area contributed by atoms with Gasteiger partial charge in [-0.3, -0.25) is 0 Å². The Bertz CT molecular complexity index is 560. The van der Waals surface area contributed by atoms with E-state index in [4.69, 9.17) is 11.6 Å². The molecule has 3 rings (SSSR count). The van der Waals surface area contributed by atoms with Gasteiger partial charge in [-0.15, -0.1) is 0 Å². The van der Waals surface area contributed by atoms with Crippen molar-refractivity contribution in [1.82, 2.24) is 24.8 Å². The maximum absolute atomic E-state index is 5.98. The van der Waals surface area contributed by atoms with E-state index in [1.165, 1.54) is 0 Å². The first-order valence-corrected chi connectivity index (χ1v) is 6.51. The number of nitrogens with one attached hydrogen (secondary N) is 2. The molecule has 1 saturated heterocycles. The second-order valence-electron chi connectivity index (χ2n) is 4.38. The second kappa shape index (κ2) is 4.70. The Labute approximate surface area is 110 Å². The Hall–Kier alpha value is -1.40. The van der Waals surface area contributed by atoms with E-state index in [0.29, 0.717) is 6.04 Å². The number of hydrogen-bond acceptors (Lipinski definition) is 5. The van der Waals surface area contributed by atoms with Gasteiger partial charge in [0.1, 0.15) is 0 Å². The fourth-order valence-electron chi connectivity index (χ4n) is 2.22. The number of rotatable bonds is 3. The van der Waals surface area contributed by atoms with Crippen LogP contribution in [0.25, 0.3) is 11.2 Å². The first kappa shape index (κ1) is 11.7. The lowest BCUT2D eigenvalue weighted by Gasteiger charge is -2.12. The number of nitrogens with zero attached hydrogens (tertiary/aromatic N) is 4. The molecule has 7 heteroatoms. The van der Waals surface area contributed by atoms with E-state index in [0.717, 1.165) is 43.0 Å². The highest BCUT2D eigenvalue weighted by Gasteiger charge is 2.18. The van der Waals surface area contributed by atoms with Gasteiger partial charge >= 0.3 is 0 Å². The summed E-state index contributed by atoms with van der Waals surface area (Å²) in [5.41, 5.74) is 1.57. The zero-order valence-electron chi connectivity index (χ0n) is 10.1. The summed E-state index contributed by atoms with van der Waals surface area (Å²) in [5.74, 6) is 0.728. The standard InChI is InChI=1S/C11H15ClN6/c1-2-18-6-14-8-9(15-7-3-4-13-5-7)16-11(12)17-10(8)18/h6-7,13H,2-5H2,1H3,(H,15,16,17)/t7-/m0/s1. The maximum Gasteiger partial charge on any atom is 0.226 e. The molecule has 0 bridgehead atoms. The van der Waals surface area contributed by atoms with Crippen LogP contribution < -0.4 is 10.6 Å². The van der Waals surface area contributed by atoms with Gasteiger partial charge in [0.2, 0.25) is 5.28 Å². The first-order chi connectivity index (χ1) is 8.78. The molecule has 0 unspecified atom stereocenters. The van der Waals surface area contributed by atoms with Gasteiger partial charge in [0.05, 0.1) is 6.33 Å². The summed E-state index contributed by atoms with van der Waals surface area (Å²) in [5, 5.41) is 6.95. The predicted molar refractivity (Wildman–Crippen MR) is 70.9 cm³/mol. The third-order valence-corrected chi connectivity index (χ3v) is 3.35. The summed E-state index contributed by atoms with van der Waals surface area (Å²) in [7, 11) is 0. The number of halogens is 1. The summed E-state index contributed by atoms with van der Waals surface area (Å²) in [4.78, 5) is 12.9. The molecule has 1 aliphatic heterocycles. The van der Waals surface area contributed by atoms with E-state index in [2.05, 4.69) is 25.6 Å². The Morgan fingerprint density at radius 1 is 1.56 bits per heavy atom. The molecule has 1 atom stereocenters. The van der Waals surface area contributed by atoms with Crippen molar-refractivity contribution in [2.24, 2.45) is 0 Å². The number of anilines is 1. The summed E-state index contributed by atoms with van der Waals surface area (Å²) in [6.07, 6.45) is 2.85. The topological polar surface area (TPSA) is 67.7 Å². The quantitative estimate of drug-likeness (QED) is 0.819. The highest BCUT2D eigenvalue weighted by atomic mass is 35.5. The molecule has 2 aromatic heterocycles. The van der Waals surface area contributed by atoms with Gasteiger partial charge in [0, 0.05) is 19.1 Å². The average Bonchev–Trinajstić information content (AvgIpc) is 2.97. The van der Waals surface area contributed by atoms with E-state index in [9.17, 15) is 0 Å². The zero-order chi connectivity index (χ0) is 12.5. The average molecular weight is 267 g/mol. The van der Waals surface area contributed by atoms with Crippen LogP contribution in [0.4, 0.5) is 5.82 Å². The highest BCUT2D eigenvalue weighted by Crippen LogP contribution is 2.22. The van der Waals surface area contributed by atoms with Gasteiger partial charge in [0.15, 0.2) is 17.0 Å². The normalized spacial score (nSPS) is 19.6. The lowest BCUT2D eigenvalue weighted by atomic mass is 10.2. The molecule has 0 spiro atoms. The van der Waals surface area contributed by atoms with Crippen molar-refractivity contribution < 1.29 is 0 Å². The van der Waals surface area contributed by atoms with Crippen LogP contribution in [-0.2, 0) is 6.54 Å². The second-order valence-corrected chi connectivity index (χ2v) is 4.72. The molecule has 3 heterocycles. The van der Waals surface area contributed by atoms with Gasteiger partial charge < -0.3 is 15.2 Å². The summed E-state index contributed by atoms with van der Waals surface area (Å²) >= 11 is 5.98. The van der Waals surface area contributed by atoms with Gasteiger partial charge in [-0.2, -0.15) is 9.97 Å². The van der Waals surface area contributed by atoms with Gasteiger partial charge in [-0.1, -0.05) is 0 Å². The molecule has 0 amide bonds. The molecule has 0 aliphatic carbocycles. The number of aromatic nitrogens is 4. The number of aryl methyl sites for hydroxylation is 1. The number of fused-ring (bicyclic) bond motifs is 1. The molecule has 6 nitrogen and oxygen atoms in total. The minimum Gasteiger partial charge on any atom is -0.364 e. The molecule has 1 aliphatic rings. The SMILES string of the molecule is CCn1cnc2c(N[C@H]3CCNC3)nc(Cl)nc21. The van der Waals surface area contributed by atoms with Crippen molar-refractivity contribution >= 4 is 28.6 Å². The van der Waals surface area contributed by atoms with E-state index < -0.39 is 0 Å². The van der Waals surface area contributed by atoms with E-state index >= 15 is 0 Å². The Balaban J connectivity index is 2.01. The van der Waals surface area contributed by atoms with Crippen LogP contribution in [0.5, 0.6) is 0 Å². The van der Waals surface area contributed by atoms with Gasteiger partial charge in [-0.25, -0.2) is 4.98 Å². The third-order valence-electron chi connectivity index (χ3n) is 3.18. The van der Waals surface area contributed by atoms with Crippen LogP contribution in [0.15, 0.2) is 6.33 Å². The fraction of sp³-hybridized carbons (Fsp3) is 0.545. The molecule has 18 heavy (non-hydrogen) atoms. The molecule has 2 N–H and O–H groups in total. The lowest BCUT2D eigenvalue weighted by Crippen LogP contribution is -2.23. The summed E-state index contributed by atoms with van der Waals surface area (Å²) in [6, 6.07) is 0.381. The molecule has 2 aromatic rings. The van der Waals surface area contributed by atoms with Crippen LogP contribution in [0.1, 0.15) is 13.3 Å². The highest BCUT2D eigenvalue weighted by molar-refractivity contribution is 6.28. The monoisotopic (exact) mass is 266 g/mol. The number of hydrogen-bond donors (Lipinski definition) is 2. The summed E-state index contributed by atoms with van der Waals surface area (Å²) < 4.78 is 1.96. The minimum atomic E-state index is 0.256. The Morgan fingerprint density at radius 3 is 3.17 bits per heavy atom. The predicted octanol–water partition coefficient (Wildman–Crippen LogP) is 1.27. The lowest BCUT2D eigenvalue weighted by molar-refractivity contribution is 0.776. The molecule has 1 fully saturated rings. The maximum atomic E-state index is 5.98. The van der Waals surface area contributed by atoms with Crippen molar-refractivity contribution in [3.05, 3.63) is 11.6 Å². The van der Waals surface area contributed by atoms with E-state index in [1.807, 2.05) is 11.5 Å². The molecule has 0 saturated carbocycles. The molecular formula is C11H15ClN6. The molecule has 96 valence electrons. The largest absolute Gasteiger partial charge is 0.364 e. The van der Waals surface area contributed by atoms with Crippen molar-refractivity contribution in [1.29, 1.82) is 0 Å². The molecule has 0 radical (unpaired) electrons. The molecular weight excluding hydrogens is 252 g/mol.